The highest BCUT2D eigenvalue weighted by molar-refractivity contribution is 7.99. The van der Waals surface area contributed by atoms with Gasteiger partial charge in [0.1, 0.15) is 16.6 Å². The van der Waals surface area contributed by atoms with Crippen LogP contribution in [0.4, 0.5) is 4.39 Å². The summed E-state index contributed by atoms with van der Waals surface area (Å²) in [5.74, 6) is 0.267. The topological polar surface area (TPSA) is 52.3 Å². The minimum atomic E-state index is -0.349. The van der Waals surface area contributed by atoms with Crippen LogP contribution in [0.2, 0.25) is 0 Å². The number of aromatic nitrogens is 1. The second-order valence-corrected chi connectivity index (χ2v) is 5.03. The molecular weight excluding hydrogens is 257 g/mol. The quantitative estimate of drug-likeness (QED) is 0.799. The molecule has 0 amide bonds. The van der Waals surface area contributed by atoms with Gasteiger partial charge in [-0.05, 0) is 19.1 Å². The molecule has 1 unspecified atom stereocenters. The molecule has 1 heterocycles. The Morgan fingerprint density at radius 1 is 1.61 bits per heavy atom. The minimum Gasteiger partial charge on any atom is -0.468 e. The molecule has 1 aromatic heterocycles. The number of benzene rings is 1. The van der Waals surface area contributed by atoms with Crippen LogP contribution < -0.4 is 0 Å². The third kappa shape index (κ3) is 2.81. The van der Waals surface area contributed by atoms with Crippen molar-refractivity contribution in [1.29, 1.82) is 0 Å². The van der Waals surface area contributed by atoms with E-state index in [-0.39, 0.29) is 17.0 Å². The molecule has 0 aliphatic heterocycles. The fourth-order valence-electron chi connectivity index (χ4n) is 1.44. The first-order chi connectivity index (χ1) is 8.60. The van der Waals surface area contributed by atoms with Crippen molar-refractivity contribution in [3.05, 3.63) is 29.9 Å². The zero-order valence-corrected chi connectivity index (χ0v) is 10.8. The molecule has 0 aliphatic carbocycles. The lowest BCUT2D eigenvalue weighted by Crippen LogP contribution is -2.14. The minimum absolute atomic E-state index is 0.290. The summed E-state index contributed by atoms with van der Waals surface area (Å²) >= 11 is 1.36. The van der Waals surface area contributed by atoms with Crippen molar-refractivity contribution in [2.45, 2.75) is 17.9 Å². The first kappa shape index (κ1) is 12.9. The predicted molar refractivity (Wildman–Crippen MR) is 66.7 cm³/mol. The second kappa shape index (κ2) is 5.39. The van der Waals surface area contributed by atoms with Gasteiger partial charge < -0.3 is 9.15 Å². The normalized spacial score (nSPS) is 12.6. The number of esters is 1. The number of hydrogen-bond donors (Lipinski definition) is 0. The smallest absolute Gasteiger partial charge is 0.318 e. The highest BCUT2D eigenvalue weighted by Gasteiger charge is 2.15. The van der Waals surface area contributed by atoms with Crippen LogP contribution in [0.5, 0.6) is 0 Å². The van der Waals surface area contributed by atoms with E-state index in [9.17, 15) is 9.18 Å². The third-order valence-electron chi connectivity index (χ3n) is 2.38. The Morgan fingerprint density at radius 3 is 3.11 bits per heavy atom. The Morgan fingerprint density at radius 2 is 2.39 bits per heavy atom. The van der Waals surface area contributed by atoms with Crippen molar-refractivity contribution in [2.75, 3.05) is 7.11 Å². The number of ether oxygens (including phenoxy) is 1. The Labute approximate surface area is 108 Å². The maximum atomic E-state index is 13.0. The van der Waals surface area contributed by atoms with Gasteiger partial charge in [0.15, 0.2) is 5.58 Å². The fraction of sp³-hybridized carbons (Fsp3) is 0.333. The molecule has 0 saturated heterocycles. The average molecular weight is 269 g/mol. The van der Waals surface area contributed by atoms with E-state index in [1.807, 2.05) is 0 Å². The summed E-state index contributed by atoms with van der Waals surface area (Å²) in [7, 11) is 1.35. The highest BCUT2D eigenvalue weighted by Crippen LogP contribution is 2.22. The van der Waals surface area contributed by atoms with E-state index in [0.717, 1.165) is 0 Å². The summed E-state index contributed by atoms with van der Waals surface area (Å²) in [6.07, 6.45) is 0. The number of hydrogen-bond acceptors (Lipinski definition) is 5. The Kier molecular flexibility index (Phi) is 3.86. The van der Waals surface area contributed by atoms with Gasteiger partial charge >= 0.3 is 5.97 Å². The maximum absolute atomic E-state index is 13.0. The van der Waals surface area contributed by atoms with Gasteiger partial charge in [0, 0.05) is 6.07 Å². The lowest BCUT2D eigenvalue weighted by Gasteiger charge is -2.06. The molecule has 4 nitrogen and oxygen atoms in total. The van der Waals surface area contributed by atoms with Crippen molar-refractivity contribution in [3.63, 3.8) is 0 Å². The molecule has 2 rings (SSSR count). The number of methoxy groups -OCH3 is 1. The summed E-state index contributed by atoms with van der Waals surface area (Å²) in [6.45, 7) is 1.75. The van der Waals surface area contributed by atoms with Crippen LogP contribution in [0, 0.1) is 5.82 Å². The molecule has 96 valence electrons. The van der Waals surface area contributed by atoms with Crippen molar-refractivity contribution in [1.82, 2.24) is 4.98 Å². The van der Waals surface area contributed by atoms with E-state index in [2.05, 4.69) is 9.72 Å². The molecule has 0 fully saturated rings. The molecule has 0 saturated carbocycles. The van der Waals surface area contributed by atoms with Crippen molar-refractivity contribution in [2.24, 2.45) is 0 Å². The Hall–Kier alpha value is -1.56. The van der Waals surface area contributed by atoms with Crippen LogP contribution in [0.3, 0.4) is 0 Å². The summed E-state index contributed by atoms with van der Waals surface area (Å²) in [5.41, 5.74) is 1.02. The van der Waals surface area contributed by atoms with Gasteiger partial charge in [-0.25, -0.2) is 9.37 Å². The van der Waals surface area contributed by atoms with E-state index in [4.69, 9.17) is 4.42 Å². The van der Waals surface area contributed by atoms with Crippen molar-refractivity contribution in [3.8, 4) is 0 Å². The Bertz CT molecular complexity index is 569. The average Bonchev–Trinajstić information content (AvgIpc) is 2.76. The lowest BCUT2D eigenvalue weighted by atomic mass is 10.3. The zero-order chi connectivity index (χ0) is 13.1. The molecule has 0 aliphatic rings. The first-order valence-electron chi connectivity index (χ1n) is 5.34. The molecule has 18 heavy (non-hydrogen) atoms. The van der Waals surface area contributed by atoms with Gasteiger partial charge in [0.05, 0.1) is 12.9 Å². The fourth-order valence-corrected chi connectivity index (χ4v) is 2.19. The van der Waals surface area contributed by atoms with Crippen molar-refractivity contribution >= 4 is 28.8 Å². The van der Waals surface area contributed by atoms with Crippen LogP contribution in [-0.4, -0.2) is 23.3 Å². The number of fused-ring (bicyclic) bond motifs is 1. The number of oxazole rings is 1. The Balaban J connectivity index is 2.06. The summed E-state index contributed by atoms with van der Waals surface area (Å²) in [6, 6.07) is 4.17. The number of carbonyl (C=O) groups excluding carboxylic acids is 1. The summed E-state index contributed by atoms with van der Waals surface area (Å²) in [4.78, 5) is 15.4. The maximum Gasteiger partial charge on any atom is 0.318 e. The first-order valence-corrected chi connectivity index (χ1v) is 6.39. The molecule has 0 bridgehead atoms. The van der Waals surface area contributed by atoms with Crippen LogP contribution >= 0.6 is 11.8 Å². The number of carbonyl (C=O) groups is 1. The van der Waals surface area contributed by atoms with Crippen LogP contribution in [-0.2, 0) is 15.3 Å². The van der Waals surface area contributed by atoms with Gasteiger partial charge in [-0.15, -0.1) is 11.8 Å². The van der Waals surface area contributed by atoms with Crippen LogP contribution in [0.25, 0.3) is 11.1 Å². The van der Waals surface area contributed by atoms with Crippen molar-refractivity contribution < 1.29 is 18.3 Å². The summed E-state index contributed by atoms with van der Waals surface area (Å²) in [5, 5.41) is -0.290. The van der Waals surface area contributed by atoms with Gasteiger partial charge in [0.2, 0.25) is 5.89 Å². The van der Waals surface area contributed by atoms with E-state index < -0.39 is 0 Å². The van der Waals surface area contributed by atoms with Gasteiger partial charge in [-0.1, -0.05) is 0 Å². The molecule has 1 aromatic carbocycles. The largest absolute Gasteiger partial charge is 0.468 e. The number of thioether (sulfide) groups is 1. The molecule has 0 spiro atoms. The number of rotatable bonds is 4. The van der Waals surface area contributed by atoms with E-state index in [1.54, 1.807) is 6.92 Å². The zero-order valence-electron chi connectivity index (χ0n) is 9.97. The van der Waals surface area contributed by atoms with E-state index >= 15 is 0 Å². The standard InChI is InChI=1S/C12H12FNO3S/c1-7(12(15)16-2)18-6-11-14-9-5-8(13)3-4-10(9)17-11/h3-5,7H,6H2,1-2H3. The monoisotopic (exact) mass is 269 g/mol. The van der Waals surface area contributed by atoms with Gasteiger partial charge in [-0.3, -0.25) is 4.79 Å². The lowest BCUT2D eigenvalue weighted by molar-refractivity contribution is -0.139. The molecule has 0 radical (unpaired) electrons. The molecular formula is C12H12FNO3S. The van der Waals surface area contributed by atoms with Crippen LogP contribution in [0.15, 0.2) is 22.6 Å². The molecule has 6 heteroatoms. The third-order valence-corrected chi connectivity index (χ3v) is 3.49. The summed E-state index contributed by atoms with van der Waals surface area (Å²) < 4.78 is 23.0. The second-order valence-electron chi connectivity index (χ2n) is 3.70. The van der Waals surface area contributed by atoms with Gasteiger partial charge in [0.25, 0.3) is 0 Å². The predicted octanol–water partition coefficient (Wildman–Crippen LogP) is 2.76. The number of nitrogens with zero attached hydrogens (tertiary/aromatic N) is 1. The number of halogens is 1. The van der Waals surface area contributed by atoms with E-state index in [1.165, 1.54) is 37.1 Å². The van der Waals surface area contributed by atoms with E-state index in [0.29, 0.717) is 22.7 Å². The molecule has 1 atom stereocenters. The molecule has 2 aromatic rings. The molecule has 0 N–H and O–H groups in total. The van der Waals surface area contributed by atoms with Gasteiger partial charge in [-0.2, -0.15) is 0 Å². The van der Waals surface area contributed by atoms with Crippen LogP contribution in [0.1, 0.15) is 12.8 Å². The highest BCUT2D eigenvalue weighted by atomic mass is 32.2. The SMILES string of the molecule is COC(=O)C(C)SCc1nc2cc(F)ccc2o1.